The van der Waals surface area contributed by atoms with E-state index in [1.54, 1.807) is 0 Å². The summed E-state index contributed by atoms with van der Waals surface area (Å²) in [6.45, 7) is 0. The summed E-state index contributed by atoms with van der Waals surface area (Å²) < 4.78 is 27.2. The van der Waals surface area contributed by atoms with E-state index in [1.807, 2.05) is 5.32 Å². The molecule has 0 aromatic heterocycles. The molecule has 3 rings (SSSR count). The molecule has 0 spiro atoms. The van der Waals surface area contributed by atoms with Gasteiger partial charge in [0.05, 0.1) is 16.3 Å². The maximum absolute atomic E-state index is 13.6. The second-order valence-electron chi connectivity index (χ2n) is 6.03. The zero-order valence-electron chi connectivity index (χ0n) is 15.6. The molecule has 0 atom stereocenters. The number of imide groups is 1. The summed E-state index contributed by atoms with van der Waals surface area (Å²) in [7, 11) is 0. The first-order valence-electron chi connectivity index (χ1n) is 8.66. The fourth-order valence-electron chi connectivity index (χ4n) is 2.41. The van der Waals surface area contributed by atoms with Gasteiger partial charge in [-0.2, -0.15) is 10.2 Å². The standard InChI is InChI=1S/C20H13F2N5O4/c21-16-2-1-3-17(22)18(16)19(28)24-20(29)23-12-4-6-13(7-5-12)25-26-14-8-10-15(11-9-14)27(30)31/h1-11H,(H2,23,24,28,29). The lowest BCUT2D eigenvalue weighted by atomic mass is 10.2. The Morgan fingerprint density at radius 1 is 0.839 bits per heavy atom. The number of nitro benzene ring substituents is 1. The Hall–Kier alpha value is -4.54. The molecule has 11 heteroatoms. The van der Waals surface area contributed by atoms with Gasteiger partial charge in [0, 0.05) is 17.8 Å². The number of benzene rings is 3. The maximum atomic E-state index is 13.6. The Morgan fingerprint density at radius 2 is 1.35 bits per heavy atom. The van der Waals surface area contributed by atoms with Crippen LogP contribution in [0.15, 0.2) is 77.0 Å². The molecule has 0 aliphatic heterocycles. The molecule has 0 heterocycles. The van der Waals surface area contributed by atoms with Crippen LogP contribution in [-0.4, -0.2) is 16.9 Å². The van der Waals surface area contributed by atoms with Gasteiger partial charge in [0.15, 0.2) is 0 Å². The van der Waals surface area contributed by atoms with Crippen molar-refractivity contribution in [3.63, 3.8) is 0 Å². The van der Waals surface area contributed by atoms with Crippen LogP contribution in [0.3, 0.4) is 0 Å². The normalized spacial score (nSPS) is 10.6. The first-order chi connectivity index (χ1) is 14.8. The van der Waals surface area contributed by atoms with Crippen molar-refractivity contribution in [1.29, 1.82) is 0 Å². The number of nitro groups is 1. The highest BCUT2D eigenvalue weighted by Gasteiger charge is 2.19. The predicted octanol–water partition coefficient (Wildman–Crippen LogP) is 5.25. The van der Waals surface area contributed by atoms with E-state index in [9.17, 15) is 28.5 Å². The summed E-state index contributed by atoms with van der Waals surface area (Å²) in [6, 6.07) is 13.4. The lowest BCUT2D eigenvalue weighted by Gasteiger charge is -2.08. The van der Waals surface area contributed by atoms with Gasteiger partial charge < -0.3 is 5.32 Å². The van der Waals surface area contributed by atoms with Crippen molar-refractivity contribution < 1.29 is 23.3 Å². The SMILES string of the molecule is O=C(NC(=O)c1c(F)cccc1F)Nc1ccc(N=Nc2ccc([N+](=O)[O-])cc2)cc1. The molecule has 0 radical (unpaired) electrons. The van der Waals surface area contributed by atoms with E-state index in [0.717, 1.165) is 18.2 Å². The molecule has 0 aliphatic rings. The van der Waals surface area contributed by atoms with Crippen LogP contribution in [0.2, 0.25) is 0 Å². The van der Waals surface area contributed by atoms with Crippen LogP contribution >= 0.6 is 0 Å². The Bertz CT molecular complexity index is 1140. The van der Waals surface area contributed by atoms with E-state index in [0.29, 0.717) is 11.4 Å². The van der Waals surface area contributed by atoms with Gasteiger partial charge in [-0.3, -0.25) is 20.2 Å². The molecule has 3 amide bonds. The number of halogens is 2. The molecule has 2 N–H and O–H groups in total. The third kappa shape index (κ3) is 5.50. The van der Waals surface area contributed by atoms with Crippen LogP contribution in [0.25, 0.3) is 0 Å². The minimum Gasteiger partial charge on any atom is -0.308 e. The molecular weight excluding hydrogens is 412 g/mol. The van der Waals surface area contributed by atoms with Gasteiger partial charge in [-0.05, 0) is 48.5 Å². The fraction of sp³-hybridized carbons (Fsp3) is 0. The van der Waals surface area contributed by atoms with Gasteiger partial charge in [-0.1, -0.05) is 6.07 Å². The van der Waals surface area contributed by atoms with Crippen LogP contribution in [0.1, 0.15) is 10.4 Å². The number of amides is 3. The Morgan fingerprint density at radius 3 is 1.87 bits per heavy atom. The van der Waals surface area contributed by atoms with Crippen LogP contribution in [0, 0.1) is 21.7 Å². The van der Waals surface area contributed by atoms with E-state index < -0.39 is 34.1 Å². The number of non-ortho nitro benzene ring substituents is 1. The number of urea groups is 1. The first-order valence-corrected chi connectivity index (χ1v) is 8.66. The molecular formula is C20H13F2N5O4. The third-order valence-corrected chi connectivity index (χ3v) is 3.88. The van der Waals surface area contributed by atoms with E-state index in [1.165, 1.54) is 48.5 Å². The van der Waals surface area contributed by atoms with Gasteiger partial charge in [-0.25, -0.2) is 13.6 Å². The van der Waals surface area contributed by atoms with Crippen molar-refractivity contribution in [2.75, 3.05) is 5.32 Å². The maximum Gasteiger partial charge on any atom is 0.326 e. The van der Waals surface area contributed by atoms with Crippen molar-refractivity contribution in [2.45, 2.75) is 0 Å². The Labute approximate surface area is 173 Å². The van der Waals surface area contributed by atoms with Crippen molar-refractivity contribution in [3.05, 3.63) is 94.0 Å². The minimum atomic E-state index is -1.22. The van der Waals surface area contributed by atoms with Gasteiger partial charge in [0.1, 0.15) is 17.2 Å². The lowest BCUT2D eigenvalue weighted by molar-refractivity contribution is -0.384. The number of carbonyl (C=O) groups excluding carboxylic acids is 2. The summed E-state index contributed by atoms with van der Waals surface area (Å²) in [6.07, 6.45) is 0. The molecule has 31 heavy (non-hydrogen) atoms. The van der Waals surface area contributed by atoms with Gasteiger partial charge >= 0.3 is 6.03 Å². The Kier molecular flexibility index (Phi) is 6.36. The Balaban J connectivity index is 1.59. The number of anilines is 1. The van der Waals surface area contributed by atoms with Crippen LogP contribution in [-0.2, 0) is 0 Å². The summed E-state index contributed by atoms with van der Waals surface area (Å²) in [5.41, 5.74) is 0.192. The van der Waals surface area contributed by atoms with Crippen LogP contribution < -0.4 is 10.6 Å². The predicted molar refractivity (Wildman–Crippen MR) is 107 cm³/mol. The zero-order chi connectivity index (χ0) is 22.4. The number of azo groups is 1. The lowest BCUT2D eigenvalue weighted by Crippen LogP contribution is -2.35. The molecule has 3 aromatic rings. The number of hydrogen-bond acceptors (Lipinski definition) is 6. The molecule has 9 nitrogen and oxygen atoms in total. The summed E-state index contributed by atoms with van der Waals surface area (Å²) in [5, 5.41) is 22.7. The fourth-order valence-corrected chi connectivity index (χ4v) is 2.41. The molecule has 0 saturated carbocycles. The van der Waals surface area contributed by atoms with E-state index in [2.05, 4.69) is 15.5 Å². The molecule has 0 aliphatic carbocycles. The van der Waals surface area contributed by atoms with Crippen LogP contribution in [0.5, 0.6) is 0 Å². The largest absolute Gasteiger partial charge is 0.326 e. The average molecular weight is 425 g/mol. The highest BCUT2D eigenvalue weighted by molar-refractivity contribution is 6.08. The van der Waals surface area contributed by atoms with Gasteiger partial charge in [0.25, 0.3) is 11.6 Å². The summed E-state index contributed by atoms with van der Waals surface area (Å²) >= 11 is 0. The molecule has 0 unspecified atom stereocenters. The third-order valence-electron chi connectivity index (χ3n) is 3.88. The van der Waals surface area contributed by atoms with Gasteiger partial charge in [0.2, 0.25) is 0 Å². The average Bonchev–Trinajstić information content (AvgIpc) is 2.73. The summed E-state index contributed by atoms with van der Waals surface area (Å²) in [5.74, 6) is -3.40. The molecule has 0 bridgehead atoms. The minimum absolute atomic E-state index is 0.0659. The summed E-state index contributed by atoms with van der Waals surface area (Å²) in [4.78, 5) is 33.9. The van der Waals surface area contributed by atoms with E-state index >= 15 is 0 Å². The highest BCUT2D eigenvalue weighted by atomic mass is 19.1. The number of carbonyl (C=O) groups is 2. The van der Waals surface area contributed by atoms with E-state index in [4.69, 9.17) is 0 Å². The quantitative estimate of drug-likeness (QED) is 0.329. The first kappa shape index (κ1) is 21.2. The van der Waals surface area contributed by atoms with Crippen LogP contribution in [0.4, 0.5) is 36.3 Å². The molecule has 156 valence electrons. The van der Waals surface area contributed by atoms with Gasteiger partial charge in [-0.15, -0.1) is 0 Å². The second kappa shape index (κ2) is 9.31. The zero-order valence-corrected chi connectivity index (χ0v) is 15.6. The van der Waals surface area contributed by atoms with Crippen molar-refractivity contribution >= 4 is 34.7 Å². The van der Waals surface area contributed by atoms with Crippen molar-refractivity contribution in [2.24, 2.45) is 10.2 Å². The molecule has 0 fully saturated rings. The molecule has 3 aromatic carbocycles. The number of nitrogens with one attached hydrogen (secondary N) is 2. The topological polar surface area (TPSA) is 126 Å². The van der Waals surface area contributed by atoms with Crippen molar-refractivity contribution in [1.82, 2.24) is 5.32 Å². The molecule has 0 saturated heterocycles. The smallest absolute Gasteiger partial charge is 0.308 e. The number of rotatable bonds is 5. The second-order valence-corrected chi connectivity index (χ2v) is 6.03. The highest BCUT2D eigenvalue weighted by Crippen LogP contribution is 2.22. The van der Waals surface area contributed by atoms with Crippen molar-refractivity contribution in [3.8, 4) is 0 Å². The van der Waals surface area contributed by atoms with E-state index in [-0.39, 0.29) is 11.4 Å². The number of nitrogens with zero attached hydrogens (tertiary/aromatic N) is 3. The monoisotopic (exact) mass is 425 g/mol. The number of hydrogen-bond donors (Lipinski definition) is 2.